The molecule has 3 heterocycles. The van der Waals surface area contributed by atoms with Crippen molar-refractivity contribution < 1.29 is 9.53 Å². The standard InChI is InChI=1S/C25H24N4O2S/c1-15-21(17-9-5-10-18(23(26)30)22(17)32-15)25-28-20-11-6-12-31-14-19(20)24(29-25)27-13-16-7-3-2-4-8-16/h2-5,7-10H,6,11-14H2,1H3,(H2,26,30)(H,27,28,29). The van der Waals surface area contributed by atoms with Crippen molar-refractivity contribution in [2.45, 2.75) is 32.9 Å². The van der Waals surface area contributed by atoms with Crippen LogP contribution in [0, 0.1) is 6.92 Å². The molecule has 0 radical (unpaired) electrons. The average molecular weight is 445 g/mol. The quantitative estimate of drug-likeness (QED) is 0.460. The summed E-state index contributed by atoms with van der Waals surface area (Å²) < 4.78 is 6.69. The SMILES string of the molecule is Cc1sc2c(C(N)=O)cccc2c1-c1nc2c(c(NCc3ccccc3)n1)COCCC2. The smallest absolute Gasteiger partial charge is 0.250 e. The van der Waals surface area contributed by atoms with Gasteiger partial charge >= 0.3 is 0 Å². The van der Waals surface area contributed by atoms with Crippen molar-refractivity contribution in [1.82, 2.24) is 9.97 Å². The molecule has 0 aliphatic carbocycles. The van der Waals surface area contributed by atoms with Gasteiger partial charge < -0.3 is 15.8 Å². The number of nitrogens with two attached hydrogens (primary N) is 1. The molecular formula is C25H24N4O2S. The minimum absolute atomic E-state index is 0.423. The first-order valence-corrected chi connectivity index (χ1v) is 11.5. The molecule has 6 nitrogen and oxygen atoms in total. The Morgan fingerprint density at radius 2 is 2.00 bits per heavy atom. The number of nitrogens with one attached hydrogen (secondary N) is 1. The van der Waals surface area contributed by atoms with Gasteiger partial charge in [0, 0.05) is 39.2 Å². The van der Waals surface area contributed by atoms with Gasteiger partial charge in [0.05, 0.1) is 17.9 Å². The minimum atomic E-state index is -0.423. The van der Waals surface area contributed by atoms with Crippen LogP contribution >= 0.6 is 11.3 Å². The predicted molar refractivity (Wildman–Crippen MR) is 128 cm³/mol. The highest BCUT2D eigenvalue weighted by Crippen LogP contribution is 2.39. The Morgan fingerprint density at radius 3 is 2.81 bits per heavy atom. The van der Waals surface area contributed by atoms with E-state index in [1.165, 1.54) is 5.56 Å². The Bertz CT molecular complexity index is 1300. The van der Waals surface area contributed by atoms with Crippen LogP contribution in [0.2, 0.25) is 0 Å². The fourth-order valence-corrected chi connectivity index (χ4v) is 5.32. The molecule has 0 atom stereocenters. The van der Waals surface area contributed by atoms with E-state index in [9.17, 15) is 4.79 Å². The Balaban J connectivity index is 1.63. The fraction of sp³-hybridized carbons (Fsp3) is 0.240. The number of nitrogens with zero attached hydrogens (tertiary/aromatic N) is 2. The predicted octanol–water partition coefficient (Wildman–Crippen LogP) is 4.84. The van der Waals surface area contributed by atoms with Gasteiger partial charge in [-0.3, -0.25) is 4.79 Å². The summed E-state index contributed by atoms with van der Waals surface area (Å²) in [6.45, 7) is 3.92. The maximum Gasteiger partial charge on any atom is 0.250 e. The van der Waals surface area contributed by atoms with Crippen LogP contribution in [0.5, 0.6) is 0 Å². The van der Waals surface area contributed by atoms with Gasteiger partial charge in [-0.1, -0.05) is 42.5 Å². The fourth-order valence-electron chi connectivity index (χ4n) is 4.15. The lowest BCUT2D eigenvalue weighted by molar-refractivity contribution is 0.100. The van der Waals surface area contributed by atoms with Gasteiger partial charge in [-0.2, -0.15) is 0 Å². The molecule has 0 spiro atoms. The van der Waals surface area contributed by atoms with E-state index in [1.54, 1.807) is 17.4 Å². The third kappa shape index (κ3) is 3.85. The number of anilines is 1. The molecule has 0 unspecified atom stereocenters. The monoisotopic (exact) mass is 444 g/mol. The number of benzene rings is 2. The number of fused-ring (bicyclic) bond motifs is 2. The highest BCUT2D eigenvalue weighted by Gasteiger charge is 2.22. The van der Waals surface area contributed by atoms with Gasteiger partial charge in [0.1, 0.15) is 5.82 Å². The second-order valence-corrected chi connectivity index (χ2v) is 9.12. The molecule has 1 aliphatic rings. The number of carbonyl (C=O) groups excluding carboxylic acids is 1. The van der Waals surface area contributed by atoms with E-state index in [1.807, 2.05) is 37.3 Å². The van der Waals surface area contributed by atoms with Crippen LogP contribution in [0.1, 0.15) is 38.5 Å². The molecule has 4 aromatic rings. The molecule has 0 saturated carbocycles. The number of primary amides is 1. The summed E-state index contributed by atoms with van der Waals surface area (Å²) in [5.41, 5.74) is 10.3. The number of aromatic nitrogens is 2. The second-order valence-electron chi connectivity index (χ2n) is 7.90. The van der Waals surface area contributed by atoms with Crippen LogP contribution in [0.15, 0.2) is 48.5 Å². The lowest BCUT2D eigenvalue weighted by Gasteiger charge is -2.15. The van der Waals surface area contributed by atoms with Gasteiger partial charge in [-0.25, -0.2) is 9.97 Å². The number of thiophene rings is 1. The Labute approximate surface area is 190 Å². The number of amides is 1. The normalized spacial score (nSPS) is 13.5. The molecule has 32 heavy (non-hydrogen) atoms. The molecule has 1 amide bonds. The number of rotatable bonds is 5. The van der Waals surface area contributed by atoms with Crippen molar-refractivity contribution in [2.75, 3.05) is 11.9 Å². The van der Waals surface area contributed by atoms with Crippen LogP contribution in [-0.4, -0.2) is 22.5 Å². The Kier molecular flexibility index (Phi) is 5.59. The Morgan fingerprint density at radius 1 is 1.16 bits per heavy atom. The van der Waals surface area contributed by atoms with E-state index in [2.05, 4.69) is 17.4 Å². The molecule has 3 N–H and O–H groups in total. The number of hydrogen-bond donors (Lipinski definition) is 2. The summed E-state index contributed by atoms with van der Waals surface area (Å²) in [7, 11) is 0. The summed E-state index contributed by atoms with van der Waals surface area (Å²) in [6, 6.07) is 15.9. The largest absolute Gasteiger partial charge is 0.377 e. The summed E-state index contributed by atoms with van der Waals surface area (Å²) in [4.78, 5) is 22.9. The zero-order chi connectivity index (χ0) is 22.1. The molecular weight excluding hydrogens is 420 g/mol. The molecule has 7 heteroatoms. The van der Waals surface area contributed by atoms with E-state index < -0.39 is 5.91 Å². The lowest BCUT2D eigenvalue weighted by atomic mass is 10.1. The average Bonchev–Trinajstić information content (AvgIpc) is 2.96. The van der Waals surface area contributed by atoms with Crippen molar-refractivity contribution in [3.05, 3.63) is 75.8 Å². The molecule has 5 rings (SSSR count). The molecule has 2 aromatic heterocycles. The zero-order valence-electron chi connectivity index (χ0n) is 17.9. The van der Waals surface area contributed by atoms with E-state index in [4.69, 9.17) is 20.4 Å². The zero-order valence-corrected chi connectivity index (χ0v) is 18.7. The van der Waals surface area contributed by atoms with Crippen molar-refractivity contribution in [1.29, 1.82) is 0 Å². The maximum absolute atomic E-state index is 11.9. The molecule has 162 valence electrons. The topological polar surface area (TPSA) is 90.1 Å². The maximum atomic E-state index is 11.9. The summed E-state index contributed by atoms with van der Waals surface area (Å²) in [5.74, 6) is 1.06. The van der Waals surface area contributed by atoms with E-state index in [-0.39, 0.29) is 0 Å². The van der Waals surface area contributed by atoms with Gasteiger partial charge in [0.15, 0.2) is 5.82 Å². The summed E-state index contributed by atoms with van der Waals surface area (Å²) >= 11 is 1.56. The molecule has 0 fully saturated rings. The van der Waals surface area contributed by atoms with Crippen molar-refractivity contribution in [2.24, 2.45) is 5.73 Å². The van der Waals surface area contributed by atoms with Gasteiger partial charge in [0.2, 0.25) is 5.91 Å². The van der Waals surface area contributed by atoms with Gasteiger partial charge in [-0.15, -0.1) is 11.3 Å². The second kappa shape index (κ2) is 8.68. The third-order valence-corrected chi connectivity index (χ3v) is 6.88. The van der Waals surface area contributed by atoms with Crippen molar-refractivity contribution in [3.63, 3.8) is 0 Å². The van der Waals surface area contributed by atoms with E-state index in [0.29, 0.717) is 31.1 Å². The van der Waals surface area contributed by atoms with E-state index >= 15 is 0 Å². The first-order valence-electron chi connectivity index (χ1n) is 10.7. The summed E-state index contributed by atoms with van der Waals surface area (Å²) in [6.07, 6.45) is 1.77. The van der Waals surface area contributed by atoms with Gasteiger partial charge in [0.25, 0.3) is 0 Å². The minimum Gasteiger partial charge on any atom is -0.377 e. The number of aryl methyl sites for hydroxylation is 2. The van der Waals surface area contributed by atoms with Crippen LogP contribution in [0.3, 0.4) is 0 Å². The molecule has 0 saturated heterocycles. The van der Waals surface area contributed by atoms with Gasteiger partial charge in [-0.05, 0) is 31.4 Å². The summed E-state index contributed by atoms with van der Waals surface area (Å²) in [5, 5.41) is 4.48. The number of hydrogen-bond acceptors (Lipinski definition) is 6. The van der Waals surface area contributed by atoms with Crippen LogP contribution in [0.25, 0.3) is 21.5 Å². The van der Waals surface area contributed by atoms with Crippen molar-refractivity contribution in [3.8, 4) is 11.4 Å². The number of carbonyl (C=O) groups is 1. The van der Waals surface area contributed by atoms with Crippen molar-refractivity contribution >= 4 is 33.1 Å². The van der Waals surface area contributed by atoms with Crippen LogP contribution < -0.4 is 11.1 Å². The first-order chi connectivity index (χ1) is 15.6. The highest BCUT2D eigenvalue weighted by atomic mass is 32.1. The lowest BCUT2D eigenvalue weighted by Crippen LogP contribution is -2.11. The molecule has 2 aromatic carbocycles. The molecule has 1 aliphatic heterocycles. The highest BCUT2D eigenvalue weighted by molar-refractivity contribution is 7.20. The van der Waals surface area contributed by atoms with Crippen LogP contribution in [-0.2, 0) is 24.3 Å². The number of ether oxygens (including phenoxy) is 1. The van der Waals surface area contributed by atoms with Crippen LogP contribution in [0.4, 0.5) is 5.82 Å². The first kappa shape index (κ1) is 20.6. The third-order valence-electron chi connectivity index (χ3n) is 5.72. The van der Waals surface area contributed by atoms with E-state index in [0.717, 1.165) is 50.4 Å². The molecule has 0 bridgehead atoms. The Hall–Kier alpha value is -3.29.